The summed E-state index contributed by atoms with van der Waals surface area (Å²) in [6.45, 7) is 15.1. The van der Waals surface area contributed by atoms with Crippen LogP contribution in [0.2, 0.25) is 0 Å². The van der Waals surface area contributed by atoms with Gasteiger partial charge in [0.2, 0.25) is 0 Å². The molecular formula is C34H44Fe2P2+4. The minimum atomic E-state index is -0.268. The van der Waals surface area contributed by atoms with E-state index in [1.165, 1.54) is 48.8 Å². The summed E-state index contributed by atoms with van der Waals surface area (Å²) in [6, 6.07) is 0. The topological polar surface area (TPSA) is 0 Å². The molecule has 20 radical (unpaired) electrons. The van der Waals surface area contributed by atoms with Crippen LogP contribution < -0.4 is 0 Å². The SMILES string of the molecule is CC(C)(C)[P@](C[C]1[CH][CH][CH][CH]1)[C@H](C[C]1[CH][CH][CH][CH]1)[C@@H](C[C]1[CH][CH][CH][CH]1)[P@@](C[C]1[CH][CH][CH][CH]1)C(C)(C)C.[Fe+2].[Fe+2]. The van der Waals surface area contributed by atoms with Crippen LogP contribution in [-0.2, 0) is 34.1 Å². The molecule has 0 aliphatic heterocycles. The van der Waals surface area contributed by atoms with Crippen LogP contribution >= 0.6 is 15.8 Å². The van der Waals surface area contributed by atoms with E-state index in [2.05, 4.69) is 144 Å². The molecule has 4 heteroatoms. The Morgan fingerprint density at radius 1 is 0.447 bits per heavy atom. The van der Waals surface area contributed by atoms with Crippen molar-refractivity contribution in [3.05, 3.63) is 126 Å². The summed E-state index contributed by atoms with van der Waals surface area (Å²) in [5.74, 6) is 6.08. The van der Waals surface area contributed by atoms with Crippen molar-refractivity contribution in [1.29, 1.82) is 0 Å². The Balaban J connectivity index is 0.00000253. The molecule has 4 rings (SSSR count). The Hall–Kier alpha value is 1.90. The van der Waals surface area contributed by atoms with Crippen LogP contribution in [0.25, 0.3) is 0 Å². The normalized spacial score (nSPS) is 25.7. The molecule has 0 unspecified atom stereocenters. The van der Waals surface area contributed by atoms with Gasteiger partial charge in [-0.15, -0.1) is 0 Å². The minimum absolute atomic E-state index is 0. The van der Waals surface area contributed by atoms with Crippen LogP contribution in [0.15, 0.2) is 0 Å². The van der Waals surface area contributed by atoms with E-state index in [0.717, 1.165) is 0 Å². The zero-order valence-electron chi connectivity index (χ0n) is 23.8. The second-order valence-corrected chi connectivity index (χ2v) is 18.8. The van der Waals surface area contributed by atoms with Crippen LogP contribution in [0.5, 0.6) is 0 Å². The summed E-state index contributed by atoms with van der Waals surface area (Å²) >= 11 is 0. The summed E-state index contributed by atoms with van der Waals surface area (Å²) in [6.07, 6.45) is 41.5. The van der Waals surface area contributed by atoms with E-state index >= 15 is 0 Å². The summed E-state index contributed by atoms with van der Waals surface area (Å²) in [7, 11) is -0.536. The molecule has 0 saturated heterocycles. The summed E-state index contributed by atoms with van der Waals surface area (Å²) in [5.41, 5.74) is 1.35. The van der Waals surface area contributed by atoms with Crippen molar-refractivity contribution in [2.75, 3.05) is 12.3 Å². The molecule has 0 heterocycles. The molecule has 0 amide bonds. The maximum Gasteiger partial charge on any atom is 2.00 e. The van der Waals surface area contributed by atoms with E-state index < -0.39 is 0 Å². The largest absolute Gasteiger partial charge is 2.00 e. The number of rotatable bonds is 11. The van der Waals surface area contributed by atoms with Gasteiger partial charge in [-0.2, -0.15) is 0 Å². The monoisotopic (exact) mass is 626 g/mol. The molecule has 4 saturated carbocycles. The zero-order valence-corrected chi connectivity index (χ0v) is 27.8. The first-order chi connectivity index (χ1) is 17.1. The van der Waals surface area contributed by atoms with E-state index in [-0.39, 0.29) is 60.3 Å². The maximum absolute atomic E-state index is 2.51. The van der Waals surface area contributed by atoms with Gasteiger partial charge in [0.1, 0.15) is 0 Å². The second kappa shape index (κ2) is 16.7. The van der Waals surface area contributed by atoms with Crippen LogP contribution in [0.1, 0.15) is 54.4 Å². The maximum atomic E-state index is 2.51. The average molecular weight is 626 g/mol. The Morgan fingerprint density at radius 3 is 0.921 bits per heavy atom. The molecule has 0 aromatic heterocycles. The van der Waals surface area contributed by atoms with Gasteiger partial charge in [-0.1, -0.05) is 57.4 Å². The first-order valence-corrected chi connectivity index (χ1v) is 16.7. The molecule has 0 N–H and O–H groups in total. The van der Waals surface area contributed by atoms with Crippen molar-refractivity contribution in [1.82, 2.24) is 0 Å². The van der Waals surface area contributed by atoms with Crippen molar-refractivity contribution in [2.24, 2.45) is 0 Å². The predicted molar refractivity (Wildman–Crippen MR) is 162 cm³/mol. The Bertz CT molecular complexity index is 574. The Morgan fingerprint density at radius 2 is 0.684 bits per heavy atom. The Labute approximate surface area is 263 Å². The van der Waals surface area contributed by atoms with Crippen molar-refractivity contribution in [3.8, 4) is 0 Å². The van der Waals surface area contributed by atoms with Gasteiger partial charge in [-0.25, -0.2) is 0 Å². The number of hydrogen-bond acceptors (Lipinski definition) is 0. The Kier molecular flexibility index (Phi) is 15.8. The fourth-order valence-electron chi connectivity index (χ4n) is 5.63. The smallest absolute Gasteiger partial charge is 0.0967 e. The van der Waals surface area contributed by atoms with Crippen molar-refractivity contribution in [3.63, 3.8) is 0 Å². The van der Waals surface area contributed by atoms with E-state index in [1.807, 2.05) is 0 Å². The van der Waals surface area contributed by atoms with Crippen molar-refractivity contribution < 1.29 is 34.1 Å². The van der Waals surface area contributed by atoms with Crippen LogP contribution in [0.4, 0.5) is 0 Å². The summed E-state index contributed by atoms with van der Waals surface area (Å²) in [5, 5.41) is 0.570. The molecule has 4 aliphatic rings. The molecule has 0 spiro atoms. The van der Waals surface area contributed by atoms with Crippen LogP contribution in [0.3, 0.4) is 0 Å². The molecule has 0 aromatic rings. The zero-order chi connectivity index (χ0) is 25.8. The molecule has 0 nitrogen and oxygen atoms in total. The molecular weight excluding hydrogens is 582 g/mol. The van der Waals surface area contributed by atoms with E-state index in [0.29, 0.717) is 11.3 Å². The molecule has 202 valence electrons. The summed E-state index contributed by atoms with van der Waals surface area (Å²) in [4.78, 5) is 0. The molecule has 4 fully saturated rings. The second-order valence-electron chi connectivity index (χ2n) is 12.3. The number of hydrogen-bond donors (Lipinski definition) is 0. The van der Waals surface area contributed by atoms with Gasteiger partial charge in [0.25, 0.3) is 0 Å². The fraction of sp³-hybridized carbons (Fsp3) is 0.412. The van der Waals surface area contributed by atoms with Gasteiger partial charge in [-0.3, -0.25) is 0 Å². The minimum Gasteiger partial charge on any atom is -0.0967 e. The molecule has 4 atom stereocenters. The van der Waals surface area contributed by atoms with Gasteiger partial charge in [0, 0.05) is 0 Å². The van der Waals surface area contributed by atoms with E-state index in [1.54, 1.807) is 0 Å². The molecule has 4 aliphatic carbocycles. The third kappa shape index (κ3) is 10.6. The third-order valence-electron chi connectivity index (χ3n) is 7.49. The first-order valence-electron chi connectivity index (χ1n) is 13.5. The third-order valence-corrected chi connectivity index (χ3v) is 15.3. The summed E-state index contributed by atoms with van der Waals surface area (Å²) < 4.78 is 0. The van der Waals surface area contributed by atoms with E-state index in [9.17, 15) is 0 Å². The van der Waals surface area contributed by atoms with Gasteiger partial charge in [0.05, 0.1) is 0 Å². The van der Waals surface area contributed by atoms with Gasteiger partial charge >= 0.3 is 34.1 Å². The fourth-order valence-corrected chi connectivity index (χ4v) is 13.1. The molecule has 0 aromatic carbocycles. The predicted octanol–water partition coefficient (Wildman–Crippen LogP) is 8.68. The van der Waals surface area contributed by atoms with Crippen molar-refractivity contribution >= 4 is 15.8 Å². The molecule has 0 bridgehead atoms. The average Bonchev–Trinajstić information content (AvgIpc) is 3.61. The first kappa shape index (κ1) is 36.1. The van der Waals surface area contributed by atoms with Crippen LogP contribution in [0, 0.1) is 126 Å². The standard InChI is InChI=1S/C34H44P2.2Fe/c1-33(2,3)35(25-29-19-11-12-20-29)31(23-27-15-7-8-16-27)32(24-28-17-9-10-18-28)36(34(4,5)6)26-30-21-13-14-22-30;;/h7-22,31-32H,23-26H2,1-6H3;;/q;2*+2/t31-,32-,35-,36-;;/m1../s1. The molecule has 38 heavy (non-hydrogen) atoms. The quantitative estimate of drug-likeness (QED) is 0.159. The van der Waals surface area contributed by atoms with Gasteiger partial charge in [0.15, 0.2) is 0 Å². The van der Waals surface area contributed by atoms with Gasteiger partial charge in [-0.05, 0) is 173 Å². The van der Waals surface area contributed by atoms with Crippen LogP contribution in [-0.4, -0.2) is 34.0 Å². The van der Waals surface area contributed by atoms with Gasteiger partial charge < -0.3 is 0 Å². The van der Waals surface area contributed by atoms with Crippen molar-refractivity contribution in [2.45, 2.75) is 76.0 Å². The van der Waals surface area contributed by atoms with E-state index in [4.69, 9.17) is 0 Å².